The minimum absolute atomic E-state index is 0.221. The van der Waals surface area contributed by atoms with Crippen molar-refractivity contribution in [1.29, 1.82) is 0 Å². The Labute approximate surface area is 91.3 Å². The lowest BCUT2D eigenvalue weighted by Crippen LogP contribution is -1.84. The van der Waals surface area contributed by atoms with Crippen molar-refractivity contribution in [2.45, 2.75) is 26.2 Å². The molecule has 0 amide bonds. The molecule has 0 aliphatic heterocycles. The molecule has 2 N–H and O–H groups in total. The zero-order valence-electron chi connectivity index (χ0n) is 9.66. The van der Waals surface area contributed by atoms with E-state index in [1.165, 1.54) is 12.1 Å². The van der Waals surface area contributed by atoms with Crippen LogP contribution in [0.5, 0.6) is 11.5 Å². The Hall–Kier alpha value is -1.22. The Morgan fingerprint density at radius 3 is 2.33 bits per heavy atom. The highest BCUT2D eigenvalue weighted by Gasteiger charge is 2.00. The molecular weight excluding hydrogens is 192 g/mol. The van der Waals surface area contributed by atoms with Crippen molar-refractivity contribution in [2.75, 3.05) is 14.2 Å². The molecule has 0 aliphatic carbocycles. The fourth-order valence-corrected chi connectivity index (χ4v) is 1.14. The van der Waals surface area contributed by atoms with Gasteiger partial charge in [-0.2, -0.15) is 0 Å². The molecule has 3 heteroatoms. The molecular formula is C12H20O3. The predicted molar refractivity (Wildman–Crippen MR) is 61.3 cm³/mol. The third-order valence-electron chi connectivity index (χ3n) is 1.86. The van der Waals surface area contributed by atoms with Gasteiger partial charge in [0.15, 0.2) is 0 Å². The standard InChI is InChI=1S/C10H14O2.C2H6O/c1-2-3-4-8-7-9(11)5-6-10(8)12;1-3-2/h5-7,11-12H,2-4H2,1H3;1-2H3. The number of hydrogen-bond donors (Lipinski definition) is 2. The molecule has 86 valence electrons. The summed E-state index contributed by atoms with van der Waals surface area (Å²) in [6.45, 7) is 2.10. The van der Waals surface area contributed by atoms with Gasteiger partial charge in [-0.05, 0) is 36.6 Å². The van der Waals surface area contributed by atoms with Crippen LogP contribution in [0.25, 0.3) is 0 Å². The summed E-state index contributed by atoms with van der Waals surface area (Å²) in [6.07, 6.45) is 2.96. The van der Waals surface area contributed by atoms with E-state index in [4.69, 9.17) is 5.11 Å². The first-order valence-electron chi connectivity index (χ1n) is 5.06. The molecule has 3 nitrogen and oxygen atoms in total. The first-order chi connectivity index (χ1) is 7.15. The number of methoxy groups -OCH3 is 1. The zero-order valence-corrected chi connectivity index (χ0v) is 9.66. The normalized spacial score (nSPS) is 9.27. The lowest BCUT2D eigenvalue weighted by molar-refractivity contribution is 0.277. The summed E-state index contributed by atoms with van der Waals surface area (Å²) in [7, 11) is 3.25. The predicted octanol–water partition coefficient (Wildman–Crippen LogP) is 2.70. The Balaban J connectivity index is 0.000000583. The summed E-state index contributed by atoms with van der Waals surface area (Å²) >= 11 is 0. The minimum Gasteiger partial charge on any atom is -0.508 e. The Kier molecular flexibility index (Phi) is 7.46. The van der Waals surface area contributed by atoms with E-state index < -0.39 is 0 Å². The number of hydrogen-bond acceptors (Lipinski definition) is 3. The molecule has 15 heavy (non-hydrogen) atoms. The van der Waals surface area contributed by atoms with Crippen molar-refractivity contribution < 1.29 is 14.9 Å². The maximum atomic E-state index is 9.35. The molecule has 0 heterocycles. The first-order valence-corrected chi connectivity index (χ1v) is 5.06. The Morgan fingerprint density at radius 1 is 1.20 bits per heavy atom. The van der Waals surface area contributed by atoms with Crippen LogP contribution in [0, 0.1) is 0 Å². The van der Waals surface area contributed by atoms with E-state index in [9.17, 15) is 5.11 Å². The molecule has 0 aromatic heterocycles. The topological polar surface area (TPSA) is 49.7 Å². The summed E-state index contributed by atoms with van der Waals surface area (Å²) in [5.74, 6) is 0.500. The average Bonchev–Trinajstić information content (AvgIpc) is 2.21. The van der Waals surface area contributed by atoms with Gasteiger partial charge in [-0.1, -0.05) is 13.3 Å². The first kappa shape index (κ1) is 13.8. The minimum atomic E-state index is 0.221. The number of unbranched alkanes of at least 4 members (excludes halogenated alkanes) is 1. The molecule has 1 aromatic rings. The molecule has 0 radical (unpaired) electrons. The smallest absolute Gasteiger partial charge is 0.119 e. The van der Waals surface area contributed by atoms with Gasteiger partial charge in [-0.3, -0.25) is 0 Å². The van der Waals surface area contributed by atoms with Gasteiger partial charge in [0, 0.05) is 14.2 Å². The lowest BCUT2D eigenvalue weighted by atomic mass is 10.1. The quantitative estimate of drug-likeness (QED) is 0.757. The highest BCUT2D eigenvalue weighted by molar-refractivity contribution is 5.38. The molecule has 0 aliphatic rings. The number of benzene rings is 1. The highest BCUT2D eigenvalue weighted by atomic mass is 16.4. The summed E-state index contributed by atoms with van der Waals surface area (Å²) in [6, 6.07) is 4.64. The molecule has 0 unspecified atom stereocenters. The van der Waals surface area contributed by atoms with E-state index >= 15 is 0 Å². The fourth-order valence-electron chi connectivity index (χ4n) is 1.14. The van der Waals surface area contributed by atoms with Crippen LogP contribution in [0.15, 0.2) is 18.2 Å². The summed E-state index contributed by atoms with van der Waals surface area (Å²) < 4.78 is 4.25. The van der Waals surface area contributed by atoms with Crippen LogP contribution >= 0.6 is 0 Å². The molecule has 0 atom stereocenters. The van der Waals surface area contributed by atoms with Crippen molar-refractivity contribution in [2.24, 2.45) is 0 Å². The van der Waals surface area contributed by atoms with E-state index in [0.717, 1.165) is 24.8 Å². The molecule has 0 spiro atoms. The Morgan fingerprint density at radius 2 is 1.80 bits per heavy atom. The zero-order chi connectivity index (χ0) is 11.7. The molecule has 0 saturated carbocycles. The SMILES string of the molecule is CCCCc1cc(O)ccc1O.COC. The van der Waals surface area contributed by atoms with Gasteiger partial charge in [-0.25, -0.2) is 0 Å². The molecule has 0 bridgehead atoms. The van der Waals surface area contributed by atoms with Crippen molar-refractivity contribution >= 4 is 0 Å². The van der Waals surface area contributed by atoms with Gasteiger partial charge in [-0.15, -0.1) is 0 Å². The largest absolute Gasteiger partial charge is 0.508 e. The van der Waals surface area contributed by atoms with Crippen LogP contribution in [-0.2, 0) is 11.2 Å². The molecule has 0 fully saturated rings. The summed E-state index contributed by atoms with van der Waals surface area (Å²) in [4.78, 5) is 0. The van der Waals surface area contributed by atoms with Crippen molar-refractivity contribution in [3.63, 3.8) is 0 Å². The van der Waals surface area contributed by atoms with Crippen LogP contribution < -0.4 is 0 Å². The number of phenolic OH excluding ortho intramolecular Hbond substituents is 2. The number of aryl methyl sites for hydroxylation is 1. The average molecular weight is 212 g/mol. The van der Waals surface area contributed by atoms with Crippen molar-refractivity contribution in [3.8, 4) is 11.5 Å². The third-order valence-corrected chi connectivity index (χ3v) is 1.86. The maximum absolute atomic E-state index is 9.35. The second kappa shape index (κ2) is 8.12. The van der Waals surface area contributed by atoms with E-state index in [1.807, 2.05) is 0 Å². The van der Waals surface area contributed by atoms with E-state index in [2.05, 4.69) is 11.7 Å². The number of phenols is 2. The van der Waals surface area contributed by atoms with Crippen LogP contribution in [0.4, 0.5) is 0 Å². The van der Waals surface area contributed by atoms with Gasteiger partial charge in [0.05, 0.1) is 0 Å². The third kappa shape index (κ3) is 5.96. The van der Waals surface area contributed by atoms with Crippen LogP contribution in [-0.4, -0.2) is 24.4 Å². The second-order valence-electron chi connectivity index (χ2n) is 3.32. The lowest BCUT2D eigenvalue weighted by Gasteiger charge is -2.03. The van der Waals surface area contributed by atoms with E-state index in [0.29, 0.717) is 0 Å². The maximum Gasteiger partial charge on any atom is 0.119 e. The Bertz CT molecular complexity index is 272. The highest BCUT2D eigenvalue weighted by Crippen LogP contribution is 2.23. The number of aromatic hydroxyl groups is 2. The summed E-state index contributed by atoms with van der Waals surface area (Å²) in [5, 5.41) is 18.5. The monoisotopic (exact) mass is 212 g/mol. The summed E-state index contributed by atoms with van der Waals surface area (Å²) in [5.41, 5.74) is 0.830. The number of ether oxygens (including phenoxy) is 1. The molecule has 0 saturated heterocycles. The van der Waals surface area contributed by atoms with Crippen molar-refractivity contribution in [1.82, 2.24) is 0 Å². The van der Waals surface area contributed by atoms with Crippen LogP contribution in [0.2, 0.25) is 0 Å². The van der Waals surface area contributed by atoms with Gasteiger partial charge in [0.25, 0.3) is 0 Å². The van der Waals surface area contributed by atoms with Crippen LogP contribution in [0.1, 0.15) is 25.3 Å². The fraction of sp³-hybridized carbons (Fsp3) is 0.500. The van der Waals surface area contributed by atoms with Gasteiger partial charge >= 0.3 is 0 Å². The van der Waals surface area contributed by atoms with Crippen molar-refractivity contribution in [3.05, 3.63) is 23.8 Å². The number of rotatable bonds is 3. The van der Waals surface area contributed by atoms with E-state index in [1.54, 1.807) is 20.3 Å². The molecule has 1 rings (SSSR count). The van der Waals surface area contributed by atoms with Crippen LogP contribution in [0.3, 0.4) is 0 Å². The van der Waals surface area contributed by atoms with Gasteiger partial charge in [0.1, 0.15) is 11.5 Å². The van der Waals surface area contributed by atoms with Gasteiger partial charge in [0.2, 0.25) is 0 Å². The molecule has 1 aromatic carbocycles. The van der Waals surface area contributed by atoms with E-state index in [-0.39, 0.29) is 11.5 Å². The van der Waals surface area contributed by atoms with Gasteiger partial charge < -0.3 is 14.9 Å². The second-order valence-corrected chi connectivity index (χ2v) is 3.32.